The summed E-state index contributed by atoms with van der Waals surface area (Å²) in [7, 11) is 2.60. The Balaban J connectivity index is 0.000000311. The van der Waals surface area contributed by atoms with E-state index in [2.05, 4.69) is 19.7 Å². The number of methoxy groups -OCH3 is 2. The second-order valence-corrected chi connectivity index (χ2v) is 7.31. The monoisotopic (exact) mass is 550 g/mol. The Morgan fingerprint density at radius 2 is 1.45 bits per heavy atom. The Bertz CT molecular complexity index is 966. The third-order valence-electron chi connectivity index (χ3n) is 3.89. The van der Waals surface area contributed by atoms with Crippen molar-refractivity contribution in [2.75, 3.05) is 14.2 Å². The quantitative estimate of drug-likeness (QED) is 0.351. The largest absolute Gasteiger partial charge is 0.480 e. The van der Waals surface area contributed by atoms with E-state index in [1.54, 1.807) is 19.9 Å². The number of ether oxygens (including phenoxy) is 2. The van der Waals surface area contributed by atoms with Crippen LogP contribution in [0.15, 0.2) is 6.07 Å². The molecule has 0 unspecified atom stereocenters. The van der Waals surface area contributed by atoms with Crippen LogP contribution in [0.4, 0.5) is 0 Å². The van der Waals surface area contributed by atoms with E-state index in [9.17, 15) is 19.2 Å². The van der Waals surface area contributed by atoms with Gasteiger partial charge in [-0.2, -0.15) is 10.2 Å². The van der Waals surface area contributed by atoms with Crippen molar-refractivity contribution in [3.8, 4) is 0 Å². The number of aryl methyl sites for hydroxylation is 1. The number of nitrogens with zero attached hydrogens (tertiary/aromatic N) is 4. The highest BCUT2D eigenvalue weighted by Gasteiger charge is 2.16. The van der Waals surface area contributed by atoms with E-state index < -0.39 is 23.9 Å². The highest BCUT2D eigenvalue weighted by molar-refractivity contribution is 14.1. The van der Waals surface area contributed by atoms with Gasteiger partial charge in [0.25, 0.3) is 0 Å². The molecule has 0 aliphatic rings. The minimum atomic E-state index is -0.967. The van der Waals surface area contributed by atoms with Crippen molar-refractivity contribution in [1.29, 1.82) is 0 Å². The van der Waals surface area contributed by atoms with Gasteiger partial charge in [0.1, 0.15) is 13.1 Å². The molecule has 0 amide bonds. The minimum absolute atomic E-state index is 0.0578. The maximum atomic E-state index is 11.1. The van der Waals surface area contributed by atoms with Crippen LogP contribution in [0, 0.1) is 17.4 Å². The number of aliphatic carboxylic acids is 2. The van der Waals surface area contributed by atoms with Crippen LogP contribution >= 0.6 is 22.6 Å². The molecule has 0 bridgehead atoms. The number of esters is 2. The number of hydrogen-bond donors (Lipinski definition) is 2. The Morgan fingerprint density at radius 3 is 1.97 bits per heavy atom. The molecule has 0 saturated heterocycles. The Kier molecular flexibility index (Phi) is 10.1. The van der Waals surface area contributed by atoms with Crippen molar-refractivity contribution in [3.63, 3.8) is 0 Å². The van der Waals surface area contributed by atoms with Crippen molar-refractivity contribution in [2.45, 2.75) is 39.8 Å². The summed E-state index contributed by atoms with van der Waals surface area (Å²) in [5, 5.41) is 25.3. The molecule has 0 atom stereocenters. The van der Waals surface area contributed by atoms with Crippen molar-refractivity contribution < 1.29 is 38.9 Å². The molecular weight excluding hydrogens is 527 g/mol. The molecule has 2 aromatic heterocycles. The van der Waals surface area contributed by atoms with Gasteiger partial charge >= 0.3 is 23.9 Å². The van der Waals surface area contributed by atoms with E-state index in [1.807, 2.05) is 22.6 Å². The molecule has 0 fully saturated rings. The fourth-order valence-electron chi connectivity index (χ4n) is 2.36. The summed E-state index contributed by atoms with van der Waals surface area (Å²) in [5.41, 5.74) is 2.50. The summed E-state index contributed by atoms with van der Waals surface area (Å²) in [6, 6.07) is 1.67. The summed E-state index contributed by atoms with van der Waals surface area (Å²) in [5.74, 6) is -2.72. The molecule has 2 aromatic rings. The summed E-state index contributed by atoms with van der Waals surface area (Å²) in [6.45, 7) is 3.09. The van der Waals surface area contributed by atoms with E-state index in [-0.39, 0.29) is 25.9 Å². The lowest BCUT2D eigenvalue weighted by molar-refractivity contribution is -0.140. The van der Waals surface area contributed by atoms with Gasteiger partial charge in [-0.25, -0.2) is 0 Å². The smallest absolute Gasteiger partial charge is 0.325 e. The first-order valence-electron chi connectivity index (χ1n) is 8.80. The van der Waals surface area contributed by atoms with Crippen LogP contribution in [-0.2, 0) is 54.6 Å². The fourth-order valence-corrected chi connectivity index (χ4v) is 2.94. The predicted octanol–water partition coefficient (Wildman–Crippen LogP) is 0.588. The number of carbonyl (C=O) groups excluding carboxylic acids is 2. The lowest BCUT2D eigenvalue weighted by atomic mass is 10.3. The standard InChI is InChI=1S/C9H11IN2O4.C9H12N2O4/c1-5-9(10)6(3-8(15)16-2)11-12(5)4-7(13)14;1-6-3-7(4-9(14)15-2)10-11(6)5-8(12)13/h3-4H2,1-2H3,(H,13,14);3H,4-5H2,1-2H3,(H,12,13). The average Bonchev–Trinajstić information content (AvgIpc) is 3.15. The highest BCUT2D eigenvalue weighted by Crippen LogP contribution is 2.17. The van der Waals surface area contributed by atoms with Crippen LogP contribution in [0.2, 0.25) is 0 Å². The maximum Gasteiger partial charge on any atom is 0.325 e. The first-order valence-corrected chi connectivity index (χ1v) is 9.88. The second kappa shape index (κ2) is 12.0. The van der Waals surface area contributed by atoms with E-state index in [4.69, 9.17) is 10.2 Å². The molecule has 0 aliphatic heterocycles. The van der Waals surface area contributed by atoms with E-state index in [1.165, 1.54) is 23.6 Å². The molecule has 0 aromatic carbocycles. The second-order valence-electron chi connectivity index (χ2n) is 6.23. The third-order valence-corrected chi connectivity index (χ3v) is 5.30. The van der Waals surface area contributed by atoms with Gasteiger partial charge in [0, 0.05) is 11.4 Å². The zero-order chi connectivity index (χ0) is 23.7. The lowest BCUT2D eigenvalue weighted by Gasteiger charge is -1.98. The van der Waals surface area contributed by atoms with Crippen LogP contribution in [0.3, 0.4) is 0 Å². The molecule has 170 valence electrons. The summed E-state index contributed by atoms with van der Waals surface area (Å²) in [6.07, 6.45) is 0.117. The molecule has 31 heavy (non-hydrogen) atoms. The van der Waals surface area contributed by atoms with Gasteiger partial charge in [0.2, 0.25) is 0 Å². The van der Waals surface area contributed by atoms with Gasteiger partial charge in [-0.1, -0.05) is 0 Å². The van der Waals surface area contributed by atoms with Gasteiger partial charge in [0.05, 0.1) is 42.0 Å². The van der Waals surface area contributed by atoms with Gasteiger partial charge in [-0.15, -0.1) is 0 Å². The van der Waals surface area contributed by atoms with Crippen molar-refractivity contribution in [2.24, 2.45) is 0 Å². The zero-order valence-corrected chi connectivity index (χ0v) is 19.6. The lowest BCUT2D eigenvalue weighted by Crippen LogP contribution is -2.12. The third kappa shape index (κ3) is 8.35. The van der Waals surface area contributed by atoms with Crippen molar-refractivity contribution >= 4 is 46.5 Å². The number of halogens is 1. The Labute approximate surface area is 191 Å². The molecule has 12 nitrogen and oxygen atoms in total. The van der Waals surface area contributed by atoms with Crippen molar-refractivity contribution in [1.82, 2.24) is 19.6 Å². The maximum absolute atomic E-state index is 11.1. The molecule has 0 radical (unpaired) electrons. The first kappa shape index (κ1) is 26.1. The fraction of sp³-hybridized carbons (Fsp3) is 0.444. The van der Waals surface area contributed by atoms with Crippen molar-refractivity contribution in [3.05, 3.63) is 32.4 Å². The predicted molar refractivity (Wildman–Crippen MR) is 113 cm³/mol. The molecule has 2 heterocycles. The van der Waals surface area contributed by atoms with Gasteiger partial charge in [0.15, 0.2) is 0 Å². The Hall–Kier alpha value is -2.97. The van der Waals surface area contributed by atoms with Gasteiger partial charge in [-0.3, -0.25) is 28.5 Å². The normalized spacial score (nSPS) is 10.1. The summed E-state index contributed by atoms with van der Waals surface area (Å²) >= 11 is 2.04. The number of aromatic nitrogens is 4. The number of hydrogen-bond acceptors (Lipinski definition) is 8. The van der Waals surface area contributed by atoms with Crippen LogP contribution in [0.1, 0.15) is 22.8 Å². The molecule has 0 saturated carbocycles. The topological polar surface area (TPSA) is 163 Å². The molecular formula is C18H23IN4O8. The number of rotatable bonds is 8. The molecule has 2 rings (SSSR count). The first-order chi connectivity index (χ1) is 14.5. The van der Waals surface area contributed by atoms with Crippen LogP contribution in [0.5, 0.6) is 0 Å². The molecule has 13 heteroatoms. The van der Waals surface area contributed by atoms with Gasteiger partial charge < -0.3 is 19.7 Å². The van der Waals surface area contributed by atoms with E-state index in [0.717, 1.165) is 9.26 Å². The van der Waals surface area contributed by atoms with E-state index >= 15 is 0 Å². The van der Waals surface area contributed by atoms with Crippen LogP contribution < -0.4 is 0 Å². The minimum Gasteiger partial charge on any atom is -0.480 e. The van der Waals surface area contributed by atoms with E-state index in [0.29, 0.717) is 17.1 Å². The summed E-state index contributed by atoms with van der Waals surface area (Å²) < 4.78 is 12.5. The average molecular weight is 550 g/mol. The molecule has 2 N–H and O–H groups in total. The van der Waals surface area contributed by atoms with Gasteiger partial charge in [-0.05, 0) is 42.5 Å². The highest BCUT2D eigenvalue weighted by atomic mass is 127. The van der Waals surface area contributed by atoms with Crippen LogP contribution in [0.25, 0.3) is 0 Å². The number of carboxylic acid groups (broad SMARTS) is 2. The SMILES string of the molecule is COC(=O)Cc1cc(C)n(CC(=O)O)n1.COC(=O)Cc1nn(CC(=O)O)c(C)c1I. The van der Waals surface area contributed by atoms with Crippen LogP contribution in [-0.4, -0.2) is 67.9 Å². The summed E-state index contributed by atoms with van der Waals surface area (Å²) in [4.78, 5) is 43.0. The number of carboxylic acids is 2. The number of carbonyl (C=O) groups is 4. The molecule has 0 aliphatic carbocycles. The molecule has 0 spiro atoms. The Morgan fingerprint density at radius 1 is 0.935 bits per heavy atom. The zero-order valence-electron chi connectivity index (χ0n) is 17.4.